The summed E-state index contributed by atoms with van der Waals surface area (Å²) >= 11 is 0. The third-order valence-corrected chi connectivity index (χ3v) is 5.91. The van der Waals surface area contributed by atoms with Crippen LogP contribution >= 0.6 is 0 Å². The maximum atomic E-state index is 13.1. The third kappa shape index (κ3) is 4.64. The maximum Gasteiger partial charge on any atom is 0.264 e. The van der Waals surface area contributed by atoms with Crippen LogP contribution in [0, 0.1) is 6.92 Å². The summed E-state index contributed by atoms with van der Waals surface area (Å²) in [6, 6.07) is 13.9. The van der Waals surface area contributed by atoms with Gasteiger partial charge in [0.1, 0.15) is 6.54 Å². The molecule has 0 atom stereocenters. The van der Waals surface area contributed by atoms with Crippen molar-refractivity contribution in [1.29, 1.82) is 0 Å². The fourth-order valence-electron chi connectivity index (χ4n) is 2.56. The number of aryl methyl sites for hydroxylation is 1. The van der Waals surface area contributed by atoms with E-state index in [-0.39, 0.29) is 17.3 Å². The van der Waals surface area contributed by atoms with Gasteiger partial charge in [-0.1, -0.05) is 43.7 Å². The Bertz CT molecular complexity index is 842. The van der Waals surface area contributed by atoms with Crippen LogP contribution in [0.3, 0.4) is 0 Å². The average molecular weight is 375 g/mol. The number of anilines is 1. The molecule has 0 aromatic heterocycles. The predicted molar refractivity (Wildman–Crippen MR) is 105 cm³/mol. The number of sulfonamides is 1. The molecule has 0 saturated heterocycles. The number of benzene rings is 2. The molecule has 0 unspecified atom stereocenters. The highest BCUT2D eigenvalue weighted by Gasteiger charge is 2.27. The normalized spacial score (nSPS) is 11.4. The molecule has 0 bridgehead atoms. The number of carbonyl (C=O) groups is 1. The fraction of sp³-hybridized carbons (Fsp3) is 0.350. The molecule has 6 heteroatoms. The van der Waals surface area contributed by atoms with Gasteiger partial charge in [-0.3, -0.25) is 9.10 Å². The molecule has 2 rings (SSSR count). The summed E-state index contributed by atoms with van der Waals surface area (Å²) in [5.41, 5.74) is 2.56. The summed E-state index contributed by atoms with van der Waals surface area (Å²) in [5, 5.41) is 2.66. The zero-order valence-electron chi connectivity index (χ0n) is 15.7. The summed E-state index contributed by atoms with van der Waals surface area (Å²) < 4.78 is 27.5. The van der Waals surface area contributed by atoms with Gasteiger partial charge >= 0.3 is 0 Å². The van der Waals surface area contributed by atoms with Crippen LogP contribution in [0.25, 0.3) is 0 Å². The van der Waals surface area contributed by atoms with Gasteiger partial charge in [0.2, 0.25) is 5.91 Å². The molecule has 0 aliphatic heterocycles. The molecular formula is C20H26N2O3S. The van der Waals surface area contributed by atoms with Gasteiger partial charge in [0, 0.05) is 6.54 Å². The highest BCUT2D eigenvalue weighted by Crippen LogP contribution is 2.26. The van der Waals surface area contributed by atoms with Crippen molar-refractivity contribution >= 4 is 21.6 Å². The molecular weight excluding hydrogens is 348 g/mol. The topological polar surface area (TPSA) is 66.5 Å². The molecule has 5 nitrogen and oxygen atoms in total. The lowest BCUT2D eigenvalue weighted by molar-refractivity contribution is -0.119. The number of hydrogen-bond donors (Lipinski definition) is 1. The Hall–Kier alpha value is -2.34. The van der Waals surface area contributed by atoms with Crippen molar-refractivity contribution in [2.24, 2.45) is 0 Å². The van der Waals surface area contributed by atoms with Crippen LogP contribution in [0.1, 0.15) is 37.8 Å². The lowest BCUT2D eigenvalue weighted by Gasteiger charge is -2.24. The number of rotatable bonds is 7. The molecule has 0 fully saturated rings. The Morgan fingerprint density at radius 1 is 1.04 bits per heavy atom. The van der Waals surface area contributed by atoms with E-state index in [0.29, 0.717) is 18.2 Å². The molecule has 1 amide bonds. The van der Waals surface area contributed by atoms with Gasteiger partial charge in [-0.15, -0.1) is 0 Å². The maximum absolute atomic E-state index is 13.1. The summed E-state index contributed by atoms with van der Waals surface area (Å²) in [5.74, 6) is 0.00529. The van der Waals surface area contributed by atoms with E-state index in [4.69, 9.17) is 0 Å². The molecule has 0 radical (unpaired) electrons. The summed E-state index contributed by atoms with van der Waals surface area (Å²) in [6.45, 7) is 8.03. The number of nitrogens with zero attached hydrogens (tertiary/aromatic N) is 1. The van der Waals surface area contributed by atoms with Gasteiger partial charge in [0.05, 0.1) is 10.6 Å². The Kier molecular flexibility index (Phi) is 6.42. The van der Waals surface area contributed by atoms with E-state index in [2.05, 4.69) is 19.2 Å². The highest BCUT2D eigenvalue weighted by molar-refractivity contribution is 7.92. The van der Waals surface area contributed by atoms with Crippen LogP contribution in [-0.4, -0.2) is 27.4 Å². The Labute approximate surface area is 156 Å². The van der Waals surface area contributed by atoms with E-state index in [1.807, 2.05) is 19.1 Å². The van der Waals surface area contributed by atoms with Crippen molar-refractivity contribution in [3.63, 3.8) is 0 Å². The van der Waals surface area contributed by atoms with Crippen LogP contribution in [0.15, 0.2) is 53.4 Å². The van der Waals surface area contributed by atoms with Crippen LogP contribution < -0.4 is 9.62 Å². The van der Waals surface area contributed by atoms with Crippen LogP contribution in [0.2, 0.25) is 0 Å². The largest absolute Gasteiger partial charge is 0.355 e. The van der Waals surface area contributed by atoms with Gasteiger partial charge in [-0.25, -0.2) is 8.42 Å². The van der Waals surface area contributed by atoms with E-state index >= 15 is 0 Å². The first kappa shape index (κ1) is 20.0. The van der Waals surface area contributed by atoms with E-state index < -0.39 is 10.0 Å². The molecule has 1 N–H and O–H groups in total. The average Bonchev–Trinajstić information content (AvgIpc) is 2.60. The first-order valence-electron chi connectivity index (χ1n) is 8.71. The quantitative estimate of drug-likeness (QED) is 0.807. The number of carbonyl (C=O) groups excluding carboxylic acids is 1. The summed E-state index contributed by atoms with van der Waals surface area (Å²) in [4.78, 5) is 12.3. The molecule has 2 aromatic rings. The molecule has 0 spiro atoms. The summed E-state index contributed by atoms with van der Waals surface area (Å²) in [7, 11) is -3.84. The first-order chi connectivity index (χ1) is 12.3. The SMILES string of the molecule is CCNC(=O)CN(c1ccc(C(C)C)cc1)S(=O)(=O)c1ccc(C)cc1. The summed E-state index contributed by atoms with van der Waals surface area (Å²) in [6.07, 6.45) is 0. The Morgan fingerprint density at radius 3 is 2.12 bits per heavy atom. The smallest absolute Gasteiger partial charge is 0.264 e. The van der Waals surface area contributed by atoms with Crippen molar-refractivity contribution in [2.45, 2.75) is 38.5 Å². The van der Waals surface area contributed by atoms with Gasteiger partial charge in [0.15, 0.2) is 0 Å². The van der Waals surface area contributed by atoms with Crippen LogP contribution in [-0.2, 0) is 14.8 Å². The van der Waals surface area contributed by atoms with E-state index in [1.54, 1.807) is 43.3 Å². The molecule has 0 aliphatic carbocycles. The predicted octanol–water partition coefficient (Wildman–Crippen LogP) is 3.45. The molecule has 0 heterocycles. The molecule has 0 saturated carbocycles. The first-order valence-corrected chi connectivity index (χ1v) is 10.2. The zero-order chi connectivity index (χ0) is 19.3. The van der Waals surface area contributed by atoms with Crippen molar-refractivity contribution in [3.05, 3.63) is 59.7 Å². The van der Waals surface area contributed by atoms with Crippen molar-refractivity contribution in [2.75, 3.05) is 17.4 Å². The Morgan fingerprint density at radius 2 is 1.62 bits per heavy atom. The second-order valence-corrected chi connectivity index (χ2v) is 8.39. The van der Waals surface area contributed by atoms with Gasteiger partial charge in [0.25, 0.3) is 10.0 Å². The Balaban J connectivity index is 2.45. The van der Waals surface area contributed by atoms with Crippen LogP contribution in [0.4, 0.5) is 5.69 Å². The van der Waals surface area contributed by atoms with Crippen molar-refractivity contribution < 1.29 is 13.2 Å². The minimum Gasteiger partial charge on any atom is -0.355 e. The molecule has 140 valence electrons. The highest BCUT2D eigenvalue weighted by atomic mass is 32.2. The number of nitrogens with one attached hydrogen (secondary N) is 1. The molecule has 0 aliphatic rings. The minimum atomic E-state index is -3.84. The van der Waals surface area contributed by atoms with Gasteiger partial charge in [-0.05, 0) is 49.6 Å². The third-order valence-electron chi connectivity index (χ3n) is 4.12. The molecule has 26 heavy (non-hydrogen) atoms. The van der Waals surface area contributed by atoms with E-state index in [9.17, 15) is 13.2 Å². The number of likely N-dealkylation sites (N-methyl/N-ethyl adjacent to an activating group) is 1. The van der Waals surface area contributed by atoms with Gasteiger partial charge < -0.3 is 5.32 Å². The lowest BCUT2D eigenvalue weighted by Crippen LogP contribution is -2.40. The van der Waals surface area contributed by atoms with Gasteiger partial charge in [-0.2, -0.15) is 0 Å². The van der Waals surface area contributed by atoms with E-state index in [1.165, 1.54) is 0 Å². The number of amides is 1. The fourth-order valence-corrected chi connectivity index (χ4v) is 3.98. The lowest BCUT2D eigenvalue weighted by atomic mass is 10.0. The monoisotopic (exact) mass is 374 g/mol. The zero-order valence-corrected chi connectivity index (χ0v) is 16.5. The minimum absolute atomic E-state index is 0.167. The van der Waals surface area contributed by atoms with Crippen molar-refractivity contribution in [3.8, 4) is 0 Å². The standard InChI is InChI=1S/C20H26N2O3S/c1-5-21-20(23)14-22(18-10-8-17(9-11-18)15(2)3)26(24,25)19-12-6-16(4)7-13-19/h6-13,15H,5,14H2,1-4H3,(H,21,23). The second-order valence-electron chi connectivity index (χ2n) is 6.52. The number of hydrogen-bond acceptors (Lipinski definition) is 3. The van der Waals surface area contributed by atoms with Crippen molar-refractivity contribution in [1.82, 2.24) is 5.32 Å². The van der Waals surface area contributed by atoms with E-state index in [0.717, 1.165) is 15.4 Å². The van der Waals surface area contributed by atoms with Crippen LogP contribution in [0.5, 0.6) is 0 Å². The second kappa shape index (κ2) is 8.36. The molecule has 2 aromatic carbocycles.